The first-order chi connectivity index (χ1) is 10.5. The molecule has 4 nitrogen and oxygen atoms in total. The third kappa shape index (κ3) is 3.71. The molecule has 5 heteroatoms. The number of halogens is 1. The molecule has 0 spiro atoms. The Morgan fingerprint density at radius 1 is 1.09 bits per heavy atom. The Labute approximate surface area is 135 Å². The smallest absolute Gasteiger partial charge is 0.255 e. The summed E-state index contributed by atoms with van der Waals surface area (Å²) >= 11 is 5.96. The van der Waals surface area contributed by atoms with Crippen molar-refractivity contribution in [3.63, 3.8) is 0 Å². The van der Waals surface area contributed by atoms with Crippen molar-refractivity contribution in [1.82, 2.24) is 5.32 Å². The van der Waals surface area contributed by atoms with E-state index in [-0.39, 0.29) is 11.9 Å². The highest BCUT2D eigenvalue weighted by Crippen LogP contribution is 2.24. The second-order valence-corrected chi connectivity index (χ2v) is 5.25. The molecule has 1 atom stereocenters. The van der Waals surface area contributed by atoms with Gasteiger partial charge < -0.3 is 14.8 Å². The van der Waals surface area contributed by atoms with Crippen molar-refractivity contribution in [2.75, 3.05) is 14.2 Å². The molecule has 0 aliphatic heterocycles. The molecular weight excluding hydrogens is 302 g/mol. The number of carbonyl (C=O) groups excluding carboxylic acids is 1. The van der Waals surface area contributed by atoms with Gasteiger partial charge in [-0.2, -0.15) is 0 Å². The molecule has 2 aromatic carbocycles. The molecule has 0 saturated heterocycles. The van der Waals surface area contributed by atoms with Crippen LogP contribution in [-0.4, -0.2) is 20.1 Å². The third-order valence-corrected chi connectivity index (χ3v) is 3.60. The SMILES string of the molecule is COc1ccc([C@H](C)NC(=O)c2cc(Cl)ccc2OC)cc1. The highest BCUT2D eigenvalue weighted by molar-refractivity contribution is 6.31. The number of carbonyl (C=O) groups is 1. The third-order valence-electron chi connectivity index (χ3n) is 3.37. The Kier molecular flexibility index (Phi) is 5.28. The van der Waals surface area contributed by atoms with E-state index in [2.05, 4.69) is 5.32 Å². The summed E-state index contributed by atoms with van der Waals surface area (Å²) in [6.07, 6.45) is 0. The van der Waals surface area contributed by atoms with E-state index in [0.717, 1.165) is 11.3 Å². The molecule has 0 radical (unpaired) electrons. The quantitative estimate of drug-likeness (QED) is 0.910. The van der Waals surface area contributed by atoms with Crippen molar-refractivity contribution in [1.29, 1.82) is 0 Å². The lowest BCUT2D eigenvalue weighted by Gasteiger charge is -2.16. The highest BCUT2D eigenvalue weighted by Gasteiger charge is 2.16. The van der Waals surface area contributed by atoms with E-state index in [9.17, 15) is 4.79 Å². The number of rotatable bonds is 5. The van der Waals surface area contributed by atoms with Gasteiger partial charge >= 0.3 is 0 Å². The van der Waals surface area contributed by atoms with Gasteiger partial charge in [-0.15, -0.1) is 0 Å². The van der Waals surface area contributed by atoms with Crippen LogP contribution in [0.1, 0.15) is 28.9 Å². The lowest BCUT2D eigenvalue weighted by Crippen LogP contribution is -2.27. The second-order valence-electron chi connectivity index (χ2n) is 4.81. The standard InChI is InChI=1S/C17H18ClNO3/c1-11(12-4-7-14(21-2)8-5-12)19-17(20)15-10-13(18)6-9-16(15)22-3/h4-11H,1-3H3,(H,19,20)/t11-/m0/s1. The van der Waals surface area contributed by atoms with E-state index in [0.29, 0.717) is 16.3 Å². The molecule has 0 saturated carbocycles. The maximum absolute atomic E-state index is 12.4. The fourth-order valence-electron chi connectivity index (χ4n) is 2.11. The van der Waals surface area contributed by atoms with Crippen molar-refractivity contribution >= 4 is 17.5 Å². The van der Waals surface area contributed by atoms with Crippen LogP contribution in [0, 0.1) is 0 Å². The summed E-state index contributed by atoms with van der Waals surface area (Å²) < 4.78 is 10.3. The van der Waals surface area contributed by atoms with Gasteiger partial charge in [0.25, 0.3) is 5.91 Å². The first-order valence-corrected chi connectivity index (χ1v) is 7.21. The number of hydrogen-bond acceptors (Lipinski definition) is 3. The van der Waals surface area contributed by atoms with Gasteiger partial charge in [-0.05, 0) is 42.8 Å². The van der Waals surface area contributed by atoms with Crippen LogP contribution >= 0.6 is 11.6 Å². The second kappa shape index (κ2) is 7.18. The van der Waals surface area contributed by atoms with E-state index < -0.39 is 0 Å². The monoisotopic (exact) mass is 319 g/mol. The summed E-state index contributed by atoms with van der Waals surface area (Å²) in [5, 5.41) is 3.42. The van der Waals surface area contributed by atoms with Crippen LogP contribution in [0.2, 0.25) is 5.02 Å². The van der Waals surface area contributed by atoms with Crippen LogP contribution in [0.5, 0.6) is 11.5 Å². The van der Waals surface area contributed by atoms with Crippen molar-refractivity contribution in [3.8, 4) is 11.5 Å². The predicted octanol–water partition coefficient (Wildman–Crippen LogP) is 3.85. The van der Waals surface area contributed by atoms with Crippen molar-refractivity contribution in [3.05, 3.63) is 58.6 Å². The summed E-state index contributed by atoms with van der Waals surface area (Å²) in [6.45, 7) is 1.91. The van der Waals surface area contributed by atoms with Crippen LogP contribution in [0.3, 0.4) is 0 Å². The molecule has 0 aliphatic carbocycles. The van der Waals surface area contributed by atoms with Crippen molar-refractivity contribution in [2.24, 2.45) is 0 Å². The summed E-state index contributed by atoms with van der Waals surface area (Å²) in [5.41, 5.74) is 1.39. The van der Waals surface area contributed by atoms with Crippen LogP contribution in [0.25, 0.3) is 0 Å². The van der Waals surface area contributed by atoms with E-state index in [1.165, 1.54) is 7.11 Å². The molecule has 2 rings (SSSR count). The zero-order chi connectivity index (χ0) is 16.1. The number of methoxy groups -OCH3 is 2. The topological polar surface area (TPSA) is 47.6 Å². The average molecular weight is 320 g/mol. The molecule has 0 heterocycles. The first kappa shape index (κ1) is 16.2. The molecule has 116 valence electrons. The summed E-state index contributed by atoms with van der Waals surface area (Å²) in [7, 11) is 3.14. The Bertz CT molecular complexity index is 655. The summed E-state index contributed by atoms with van der Waals surface area (Å²) in [4.78, 5) is 12.4. The van der Waals surface area contributed by atoms with Gasteiger partial charge in [0.05, 0.1) is 25.8 Å². The molecule has 1 amide bonds. The summed E-state index contributed by atoms with van der Waals surface area (Å²) in [6, 6.07) is 12.4. The Morgan fingerprint density at radius 3 is 2.36 bits per heavy atom. The predicted molar refractivity (Wildman–Crippen MR) is 86.9 cm³/mol. The fraction of sp³-hybridized carbons (Fsp3) is 0.235. The van der Waals surface area contributed by atoms with Crippen LogP contribution in [0.15, 0.2) is 42.5 Å². The first-order valence-electron chi connectivity index (χ1n) is 6.83. The largest absolute Gasteiger partial charge is 0.497 e. The van der Waals surface area contributed by atoms with Gasteiger partial charge in [0.1, 0.15) is 11.5 Å². The normalized spacial score (nSPS) is 11.6. The maximum atomic E-state index is 12.4. The molecule has 2 aromatic rings. The Balaban J connectivity index is 2.15. The number of hydrogen-bond donors (Lipinski definition) is 1. The van der Waals surface area contributed by atoms with Gasteiger partial charge in [-0.1, -0.05) is 23.7 Å². The molecule has 1 N–H and O–H groups in total. The maximum Gasteiger partial charge on any atom is 0.255 e. The minimum absolute atomic E-state index is 0.151. The number of ether oxygens (including phenoxy) is 2. The molecule has 22 heavy (non-hydrogen) atoms. The Morgan fingerprint density at radius 2 is 1.77 bits per heavy atom. The van der Waals surface area contributed by atoms with Gasteiger partial charge in [-0.25, -0.2) is 0 Å². The zero-order valence-electron chi connectivity index (χ0n) is 12.7. The van der Waals surface area contributed by atoms with E-state index >= 15 is 0 Å². The van der Waals surface area contributed by atoms with Crippen molar-refractivity contribution in [2.45, 2.75) is 13.0 Å². The lowest BCUT2D eigenvalue weighted by atomic mass is 10.1. The number of amides is 1. The summed E-state index contributed by atoms with van der Waals surface area (Å²) in [5.74, 6) is 1.03. The molecule has 0 bridgehead atoms. The highest BCUT2D eigenvalue weighted by atomic mass is 35.5. The van der Waals surface area contributed by atoms with E-state index in [4.69, 9.17) is 21.1 Å². The molecule has 0 aliphatic rings. The van der Waals surface area contributed by atoms with Gasteiger partial charge in [0.2, 0.25) is 0 Å². The van der Waals surface area contributed by atoms with Crippen LogP contribution in [-0.2, 0) is 0 Å². The van der Waals surface area contributed by atoms with E-state index in [1.54, 1.807) is 25.3 Å². The molecular formula is C17H18ClNO3. The lowest BCUT2D eigenvalue weighted by molar-refractivity contribution is 0.0937. The van der Waals surface area contributed by atoms with Crippen LogP contribution in [0.4, 0.5) is 0 Å². The molecule has 0 aromatic heterocycles. The minimum atomic E-state index is -0.234. The fourth-order valence-corrected chi connectivity index (χ4v) is 2.28. The molecule has 0 unspecified atom stereocenters. The minimum Gasteiger partial charge on any atom is -0.497 e. The van der Waals surface area contributed by atoms with Gasteiger partial charge in [-0.3, -0.25) is 4.79 Å². The van der Waals surface area contributed by atoms with Crippen LogP contribution < -0.4 is 14.8 Å². The molecule has 0 fully saturated rings. The number of nitrogens with one attached hydrogen (secondary N) is 1. The number of benzene rings is 2. The van der Waals surface area contributed by atoms with Gasteiger partial charge in [0, 0.05) is 5.02 Å². The van der Waals surface area contributed by atoms with Crippen molar-refractivity contribution < 1.29 is 14.3 Å². The zero-order valence-corrected chi connectivity index (χ0v) is 13.5. The van der Waals surface area contributed by atoms with Gasteiger partial charge in [0.15, 0.2) is 0 Å². The Hall–Kier alpha value is -2.20. The average Bonchev–Trinajstić information content (AvgIpc) is 2.54. The van der Waals surface area contributed by atoms with E-state index in [1.807, 2.05) is 31.2 Å².